The maximum atomic E-state index is 12.0. The molecule has 0 spiro atoms. The van der Waals surface area contributed by atoms with Crippen LogP contribution >= 0.6 is 0 Å². The first-order chi connectivity index (χ1) is 7.87. The van der Waals surface area contributed by atoms with Crippen molar-refractivity contribution in [3.05, 3.63) is 23.3 Å². The Morgan fingerprint density at radius 2 is 1.82 bits per heavy atom. The highest BCUT2D eigenvalue weighted by molar-refractivity contribution is 5.92. The second-order valence-corrected chi connectivity index (χ2v) is 5.02. The first-order valence-electron chi connectivity index (χ1n) is 5.50. The van der Waals surface area contributed by atoms with Crippen LogP contribution in [0.4, 0.5) is 0 Å². The molecule has 0 fully saturated rings. The Labute approximate surface area is 100 Å². The fourth-order valence-corrected chi connectivity index (χ4v) is 1.60. The minimum absolute atomic E-state index is 0.201. The van der Waals surface area contributed by atoms with Crippen LogP contribution in [-0.4, -0.2) is 18.4 Å². The van der Waals surface area contributed by atoms with Crippen LogP contribution in [0.15, 0.2) is 12.1 Å². The summed E-state index contributed by atoms with van der Waals surface area (Å²) in [6.07, 6.45) is 0. The number of carbonyl (C=O) groups is 1. The fourth-order valence-electron chi connectivity index (χ4n) is 1.60. The lowest BCUT2D eigenvalue weighted by atomic mass is 10.1. The van der Waals surface area contributed by atoms with Gasteiger partial charge in [0.15, 0.2) is 11.5 Å². The molecule has 2 rings (SSSR count). The number of ether oxygens (including phenoxy) is 3. The topological polar surface area (TPSA) is 44.8 Å². The molecule has 1 aliphatic rings. The number of rotatable bonds is 1. The summed E-state index contributed by atoms with van der Waals surface area (Å²) in [4.78, 5) is 12.0. The Morgan fingerprint density at radius 3 is 2.41 bits per heavy atom. The highest BCUT2D eigenvalue weighted by atomic mass is 16.7. The molecule has 1 aliphatic heterocycles. The Bertz CT molecular complexity index is 457. The van der Waals surface area contributed by atoms with Crippen molar-refractivity contribution in [2.45, 2.75) is 33.3 Å². The molecule has 0 amide bonds. The highest BCUT2D eigenvalue weighted by Gasteiger charge is 2.23. The lowest BCUT2D eigenvalue weighted by molar-refractivity contribution is 0.00684. The van der Waals surface area contributed by atoms with Crippen LogP contribution in [0.1, 0.15) is 36.7 Å². The summed E-state index contributed by atoms with van der Waals surface area (Å²) in [5, 5.41) is 0. The van der Waals surface area contributed by atoms with Crippen LogP contribution < -0.4 is 9.47 Å². The number of fused-ring (bicyclic) bond motifs is 1. The van der Waals surface area contributed by atoms with Crippen molar-refractivity contribution in [1.29, 1.82) is 0 Å². The van der Waals surface area contributed by atoms with E-state index in [1.807, 2.05) is 27.7 Å². The van der Waals surface area contributed by atoms with Crippen LogP contribution in [0.5, 0.6) is 11.5 Å². The average molecular weight is 236 g/mol. The molecular weight excluding hydrogens is 220 g/mol. The van der Waals surface area contributed by atoms with Gasteiger partial charge >= 0.3 is 5.97 Å². The molecule has 0 N–H and O–H groups in total. The van der Waals surface area contributed by atoms with Crippen molar-refractivity contribution >= 4 is 5.97 Å². The Kier molecular flexibility index (Phi) is 2.73. The summed E-state index contributed by atoms with van der Waals surface area (Å²) in [6.45, 7) is 7.57. The molecule has 17 heavy (non-hydrogen) atoms. The molecule has 4 heteroatoms. The van der Waals surface area contributed by atoms with Gasteiger partial charge in [0, 0.05) is 0 Å². The van der Waals surface area contributed by atoms with Gasteiger partial charge in [-0.15, -0.1) is 0 Å². The van der Waals surface area contributed by atoms with E-state index in [1.165, 1.54) is 0 Å². The average Bonchev–Trinajstić information content (AvgIpc) is 2.60. The van der Waals surface area contributed by atoms with Crippen molar-refractivity contribution in [3.63, 3.8) is 0 Å². The molecule has 0 unspecified atom stereocenters. The molecule has 0 aromatic heterocycles. The standard InChI is InChI=1S/C13H16O4/c1-8-5-10-11(16-7-15-10)6-9(8)12(14)17-13(2,3)4/h5-6H,7H2,1-4H3. The lowest BCUT2D eigenvalue weighted by Crippen LogP contribution is -2.24. The van der Waals surface area contributed by atoms with Crippen LogP contribution in [0.25, 0.3) is 0 Å². The zero-order valence-corrected chi connectivity index (χ0v) is 10.5. The maximum absolute atomic E-state index is 12.0. The van der Waals surface area contributed by atoms with Crippen LogP contribution in [0.2, 0.25) is 0 Å². The first kappa shape index (κ1) is 11.8. The highest BCUT2D eigenvalue weighted by Crippen LogP contribution is 2.35. The minimum atomic E-state index is -0.500. The number of benzene rings is 1. The lowest BCUT2D eigenvalue weighted by Gasteiger charge is -2.20. The predicted octanol–water partition coefficient (Wildman–Crippen LogP) is 2.68. The van der Waals surface area contributed by atoms with Gasteiger partial charge < -0.3 is 14.2 Å². The van der Waals surface area contributed by atoms with Crippen molar-refractivity contribution < 1.29 is 19.0 Å². The molecule has 92 valence electrons. The van der Waals surface area contributed by atoms with Crippen molar-refractivity contribution in [2.24, 2.45) is 0 Å². The molecular formula is C13H16O4. The molecule has 4 nitrogen and oxygen atoms in total. The van der Waals surface area contributed by atoms with Gasteiger partial charge in [0.05, 0.1) is 5.56 Å². The van der Waals surface area contributed by atoms with Crippen LogP contribution in [0.3, 0.4) is 0 Å². The van der Waals surface area contributed by atoms with E-state index in [9.17, 15) is 4.79 Å². The van der Waals surface area contributed by atoms with E-state index < -0.39 is 5.60 Å². The summed E-state index contributed by atoms with van der Waals surface area (Å²) in [7, 11) is 0. The van der Waals surface area contributed by atoms with Gasteiger partial charge in [-0.2, -0.15) is 0 Å². The summed E-state index contributed by atoms with van der Waals surface area (Å²) in [5.41, 5.74) is 0.840. The Hall–Kier alpha value is -1.71. The fraction of sp³-hybridized carbons (Fsp3) is 0.462. The SMILES string of the molecule is Cc1cc2c(cc1C(=O)OC(C)(C)C)OCO2. The summed E-state index contributed by atoms with van der Waals surface area (Å²) >= 11 is 0. The molecule has 1 heterocycles. The number of hydrogen-bond acceptors (Lipinski definition) is 4. The third-order valence-corrected chi connectivity index (χ3v) is 2.34. The number of aryl methyl sites for hydroxylation is 1. The number of carbonyl (C=O) groups excluding carboxylic acids is 1. The number of hydrogen-bond donors (Lipinski definition) is 0. The second kappa shape index (κ2) is 3.95. The maximum Gasteiger partial charge on any atom is 0.339 e. The third-order valence-electron chi connectivity index (χ3n) is 2.34. The third kappa shape index (κ3) is 2.52. The van der Waals surface area contributed by atoms with E-state index in [0.717, 1.165) is 5.56 Å². The Morgan fingerprint density at radius 1 is 1.24 bits per heavy atom. The molecule has 0 saturated heterocycles. The smallest absolute Gasteiger partial charge is 0.339 e. The van der Waals surface area contributed by atoms with E-state index >= 15 is 0 Å². The predicted molar refractivity (Wildman–Crippen MR) is 62.5 cm³/mol. The molecule has 0 radical (unpaired) electrons. The summed E-state index contributed by atoms with van der Waals surface area (Å²) in [5.74, 6) is 0.930. The van der Waals surface area contributed by atoms with Gasteiger partial charge in [0.2, 0.25) is 6.79 Å². The molecule has 1 aromatic rings. The van der Waals surface area contributed by atoms with Crippen molar-refractivity contribution in [1.82, 2.24) is 0 Å². The van der Waals surface area contributed by atoms with Gasteiger partial charge in [-0.1, -0.05) is 0 Å². The van der Waals surface area contributed by atoms with Gasteiger partial charge in [-0.05, 0) is 45.4 Å². The normalized spacial score (nSPS) is 13.6. The van der Waals surface area contributed by atoms with Crippen LogP contribution in [-0.2, 0) is 4.74 Å². The monoisotopic (exact) mass is 236 g/mol. The van der Waals surface area contributed by atoms with Crippen molar-refractivity contribution in [3.8, 4) is 11.5 Å². The van der Waals surface area contributed by atoms with Gasteiger partial charge in [0.1, 0.15) is 5.60 Å². The molecule has 0 atom stereocenters. The van der Waals surface area contributed by atoms with Gasteiger partial charge in [0.25, 0.3) is 0 Å². The largest absolute Gasteiger partial charge is 0.456 e. The minimum Gasteiger partial charge on any atom is -0.456 e. The second-order valence-electron chi connectivity index (χ2n) is 5.02. The summed E-state index contributed by atoms with van der Waals surface area (Å²) in [6, 6.07) is 3.47. The van der Waals surface area contributed by atoms with Crippen LogP contribution in [0, 0.1) is 6.92 Å². The zero-order chi connectivity index (χ0) is 12.6. The van der Waals surface area contributed by atoms with E-state index in [-0.39, 0.29) is 12.8 Å². The van der Waals surface area contributed by atoms with E-state index in [1.54, 1.807) is 12.1 Å². The summed E-state index contributed by atoms with van der Waals surface area (Å²) < 4.78 is 15.8. The first-order valence-corrected chi connectivity index (χ1v) is 5.50. The van der Waals surface area contributed by atoms with E-state index in [0.29, 0.717) is 17.1 Å². The molecule has 0 aliphatic carbocycles. The van der Waals surface area contributed by atoms with Gasteiger partial charge in [-0.3, -0.25) is 0 Å². The molecule has 0 saturated carbocycles. The molecule has 1 aromatic carbocycles. The quantitative estimate of drug-likeness (QED) is 0.703. The van der Waals surface area contributed by atoms with E-state index in [2.05, 4.69) is 0 Å². The van der Waals surface area contributed by atoms with Crippen molar-refractivity contribution in [2.75, 3.05) is 6.79 Å². The molecule has 0 bridgehead atoms. The Balaban J connectivity index is 2.30. The van der Waals surface area contributed by atoms with Gasteiger partial charge in [-0.25, -0.2) is 4.79 Å². The zero-order valence-electron chi connectivity index (χ0n) is 10.5. The van der Waals surface area contributed by atoms with E-state index in [4.69, 9.17) is 14.2 Å². The number of esters is 1.